The van der Waals surface area contributed by atoms with Gasteiger partial charge in [0.1, 0.15) is 10.7 Å². The Hall–Kier alpha value is -2.02. The van der Waals surface area contributed by atoms with E-state index in [1.165, 1.54) is 11.3 Å². The van der Waals surface area contributed by atoms with Gasteiger partial charge in [-0.1, -0.05) is 25.2 Å². The van der Waals surface area contributed by atoms with Gasteiger partial charge in [0.05, 0.1) is 0 Å². The van der Waals surface area contributed by atoms with Gasteiger partial charge in [0.15, 0.2) is 0 Å². The summed E-state index contributed by atoms with van der Waals surface area (Å²) < 4.78 is 0. The van der Waals surface area contributed by atoms with Crippen LogP contribution in [0.5, 0.6) is 0 Å². The second-order valence-electron chi connectivity index (χ2n) is 4.73. The first-order valence-corrected chi connectivity index (χ1v) is 7.17. The second kappa shape index (κ2) is 6.42. The predicted molar refractivity (Wildman–Crippen MR) is 80.2 cm³/mol. The van der Waals surface area contributed by atoms with Crippen LogP contribution in [0.3, 0.4) is 0 Å². The average Bonchev–Trinajstić information content (AvgIpc) is 2.85. The van der Waals surface area contributed by atoms with Crippen molar-refractivity contribution < 1.29 is 4.79 Å². The zero-order valence-electron chi connectivity index (χ0n) is 11.7. The molecule has 6 nitrogen and oxygen atoms in total. The maximum atomic E-state index is 12.1. The minimum atomic E-state index is -0.283. The molecule has 0 aliphatic carbocycles. The Morgan fingerprint density at radius 1 is 1.40 bits per heavy atom. The van der Waals surface area contributed by atoms with E-state index in [-0.39, 0.29) is 5.91 Å². The van der Waals surface area contributed by atoms with E-state index >= 15 is 0 Å². The number of aromatic nitrogens is 3. The van der Waals surface area contributed by atoms with Crippen LogP contribution < -0.4 is 10.6 Å². The molecule has 2 rings (SSSR count). The molecule has 0 bridgehead atoms. The average molecular weight is 291 g/mol. The topological polar surface area (TPSA) is 79.8 Å². The van der Waals surface area contributed by atoms with E-state index in [1.54, 1.807) is 25.4 Å². The standard InChI is InChI=1S/C13H17N5OS/c1-8(2)6-11-17-18-13(20-11)16-12(19)10-7-9(14-3)4-5-15-10/h4-5,7-8H,6H2,1-3H3,(H,14,15)(H,16,18,19). The van der Waals surface area contributed by atoms with Crippen LogP contribution in [0.25, 0.3) is 0 Å². The quantitative estimate of drug-likeness (QED) is 0.884. The highest BCUT2D eigenvalue weighted by molar-refractivity contribution is 7.15. The Balaban J connectivity index is 2.05. The van der Waals surface area contributed by atoms with Crippen LogP contribution in [0.4, 0.5) is 10.8 Å². The number of hydrogen-bond donors (Lipinski definition) is 2. The zero-order valence-corrected chi connectivity index (χ0v) is 12.5. The monoisotopic (exact) mass is 291 g/mol. The third-order valence-electron chi connectivity index (χ3n) is 2.55. The van der Waals surface area contributed by atoms with Gasteiger partial charge < -0.3 is 5.32 Å². The molecule has 0 aliphatic heterocycles. The molecule has 2 heterocycles. The fraction of sp³-hybridized carbons (Fsp3) is 0.385. The number of nitrogens with one attached hydrogen (secondary N) is 2. The van der Waals surface area contributed by atoms with Crippen molar-refractivity contribution in [2.24, 2.45) is 5.92 Å². The van der Waals surface area contributed by atoms with Crippen molar-refractivity contribution in [3.63, 3.8) is 0 Å². The SMILES string of the molecule is CNc1ccnc(C(=O)Nc2nnc(CC(C)C)s2)c1. The maximum Gasteiger partial charge on any atom is 0.276 e. The fourth-order valence-electron chi connectivity index (χ4n) is 1.61. The van der Waals surface area contributed by atoms with E-state index in [9.17, 15) is 4.79 Å². The molecule has 2 aromatic heterocycles. The summed E-state index contributed by atoms with van der Waals surface area (Å²) in [6, 6.07) is 3.48. The first-order chi connectivity index (χ1) is 9.58. The highest BCUT2D eigenvalue weighted by Gasteiger charge is 2.12. The summed E-state index contributed by atoms with van der Waals surface area (Å²) in [6.07, 6.45) is 2.45. The molecule has 0 unspecified atom stereocenters. The summed E-state index contributed by atoms with van der Waals surface area (Å²) in [6.45, 7) is 4.24. The largest absolute Gasteiger partial charge is 0.388 e. The van der Waals surface area contributed by atoms with Crippen LogP contribution in [-0.2, 0) is 6.42 Å². The van der Waals surface area contributed by atoms with Crippen LogP contribution in [0.2, 0.25) is 0 Å². The molecule has 0 saturated carbocycles. The van der Waals surface area contributed by atoms with Crippen LogP contribution in [0.1, 0.15) is 29.3 Å². The maximum absolute atomic E-state index is 12.1. The lowest BCUT2D eigenvalue weighted by Gasteiger charge is -2.03. The van der Waals surface area contributed by atoms with Crippen molar-refractivity contribution in [1.82, 2.24) is 15.2 Å². The normalized spacial score (nSPS) is 10.6. The molecule has 2 N–H and O–H groups in total. The van der Waals surface area contributed by atoms with E-state index in [0.717, 1.165) is 17.1 Å². The van der Waals surface area contributed by atoms with Gasteiger partial charge in [0.25, 0.3) is 5.91 Å². The molecule has 0 aromatic carbocycles. The van der Waals surface area contributed by atoms with Gasteiger partial charge in [-0.05, 0) is 18.1 Å². The van der Waals surface area contributed by atoms with E-state index in [1.807, 2.05) is 0 Å². The number of carbonyl (C=O) groups is 1. The van der Waals surface area contributed by atoms with Gasteiger partial charge in [-0.25, -0.2) is 0 Å². The predicted octanol–water partition coefficient (Wildman–Crippen LogP) is 2.43. The van der Waals surface area contributed by atoms with E-state index in [4.69, 9.17) is 0 Å². The highest BCUT2D eigenvalue weighted by atomic mass is 32.1. The fourth-order valence-corrected chi connectivity index (χ4v) is 2.55. The van der Waals surface area contributed by atoms with Crippen molar-refractivity contribution in [3.05, 3.63) is 29.0 Å². The third kappa shape index (κ3) is 3.74. The van der Waals surface area contributed by atoms with Gasteiger partial charge in [0, 0.05) is 25.4 Å². The molecular formula is C13H17N5OS. The lowest BCUT2D eigenvalue weighted by Crippen LogP contribution is -2.13. The summed E-state index contributed by atoms with van der Waals surface area (Å²) in [4.78, 5) is 16.1. The van der Waals surface area contributed by atoms with E-state index in [0.29, 0.717) is 16.7 Å². The molecule has 0 aliphatic rings. The van der Waals surface area contributed by atoms with Crippen molar-refractivity contribution in [2.45, 2.75) is 20.3 Å². The van der Waals surface area contributed by atoms with Gasteiger partial charge in [-0.3, -0.25) is 15.1 Å². The lowest BCUT2D eigenvalue weighted by atomic mass is 10.1. The van der Waals surface area contributed by atoms with Crippen LogP contribution >= 0.6 is 11.3 Å². The summed E-state index contributed by atoms with van der Waals surface area (Å²) in [5, 5.41) is 15.1. The molecule has 0 radical (unpaired) electrons. The minimum absolute atomic E-state index is 0.283. The minimum Gasteiger partial charge on any atom is -0.388 e. The van der Waals surface area contributed by atoms with Gasteiger partial charge in [-0.15, -0.1) is 10.2 Å². The molecule has 106 valence electrons. The Labute approximate surface area is 121 Å². The Kier molecular flexibility index (Phi) is 4.62. The highest BCUT2D eigenvalue weighted by Crippen LogP contribution is 2.19. The summed E-state index contributed by atoms with van der Waals surface area (Å²) in [5.41, 5.74) is 1.18. The van der Waals surface area contributed by atoms with Crippen LogP contribution in [0, 0.1) is 5.92 Å². The second-order valence-corrected chi connectivity index (χ2v) is 5.79. The van der Waals surface area contributed by atoms with Crippen molar-refractivity contribution in [1.29, 1.82) is 0 Å². The van der Waals surface area contributed by atoms with E-state index in [2.05, 4.69) is 39.7 Å². The van der Waals surface area contributed by atoms with Crippen LogP contribution in [0.15, 0.2) is 18.3 Å². The number of rotatable bonds is 5. The molecule has 0 fully saturated rings. The molecule has 7 heteroatoms. The summed E-state index contributed by atoms with van der Waals surface area (Å²) in [5.74, 6) is 0.231. The Morgan fingerprint density at radius 2 is 2.20 bits per heavy atom. The lowest BCUT2D eigenvalue weighted by molar-refractivity contribution is 0.102. The van der Waals surface area contributed by atoms with Crippen molar-refractivity contribution in [2.75, 3.05) is 17.7 Å². The van der Waals surface area contributed by atoms with Crippen molar-refractivity contribution in [3.8, 4) is 0 Å². The Morgan fingerprint density at radius 3 is 2.90 bits per heavy atom. The zero-order chi connectivity index (χ0) is 14.5. The Bertz CT molecular complexity index is 596. The molecule has 2 aromatic rings. The molecule has 20 heavy (non-hydrogen) atoms. The van der Waals surface area contributed by atoms with Crippen LogP contribution in [-0.4, -0.2) is 28.1 Å². The van der Waals surface area contributed by atoms with Gasteiger partial charge >= 0.3 is 0 Å². The summed E-state index contributed by atoms with van der Waals surface area (Å²) >= 11 is 1.40. The molecule has 0 saturated heterocycles. The van der Waals surface area contributed by atoms with Gasteiger partial charge in [-0.2, -0.15) is 0 Å². The molecule has 0 spiro atoms. The number of nitrogens with zero attached hydrogens (tertiary/aromatic N) is 3. The molecular weight excluding hydrogens is 274 g/mol. The number of carbonyl (C=O) groups excluding carboxylic acids is 1. The number of hydrogen-bond acceptors (Lipinski definition) is 6. The summed E-state index contributed by atoms with van der Waals surface area (Å²) in [7, 11) is 1.79. The number of pyridine rings is 1. The first kappa shape index (κ1) is 14.4. The molecule has 0 atom stereocenters. The van der Waals surface area contributed by atoms with Crippen molar-refractivity contribution >= 4 is 28.1 Å². The first-order valence-electron chi connectivity index (χ1n) is 6.36. The number of anilines is 2. The van der Waals surface area contributed by atoms with Gasteiger partial charge in [0.2, 0.25) is 5.13 Å². The number of amides is 1. The third-order valence-corrected chi connectivity index (χ3v) is 3.41. The smallest absolute Gasteiger partial charge is 0.276 e. The molecule has 1 amide bonds. The van der Waals surface area contributed by atoms with E-state index < -0.39 is 0 Å².